The molecule has 1 saturated heterocycles. The topological polar surface area (TPSA) is 15.3 Å². The number of hydrogen-bond donors (Lipinski definition) is 1. The van der Waals surface area contributed by atoms with Crippen LogP contribution in [0.2, 0.25) is 0 Å². The van der Waals surface area contributed by atoms with Crippen molar-refractivity contribution in [1.29, 1.82) is 0 Å². The van der Waals surface area contributed by atoms with Gasteiger partial charge in [-0.15, -0.1) is 0 Å². The fraction of sp³-hybridized carbons (Fsp3) is 1.00. The fourth-order valence-electron chi connectivity index (χ4n) is 2.56. The second-order valence-electron chi connectivity index (χ2n) is 6.71. The van der Waals surface area contributed by atoms with Crippen LogP contribution < -0.4 is 5.32 Å². The standard InChI is InChI=1S/C15H32N2/c1-7-15(6)11-16-14(13(4)5)10-17(15)9-8-12(2)3/h12-14,16H,7-11H2,1-6H3. The second-order valence-corrected chi connectivity index (χ2v) is 6.71. The lowest BCUT2D eigenvalue weighted by molar-refractivity contribution is 0.0351. The Hall–Kier alpha value is -0.0800. The molecule has 0 aromatic rings. The Morgan fingerprint density at radius 3 is 2.41 bits per heavy atom. The van der Waals surface area contributed by atoms with Gasteiger partial charge in [-0.2, -0.15) is 0 Å². The minimum atomic E-state index is 0.361. The average molecular weight is 240 g/mol. The van der Waals surface area contributed by atoms with E-state index in [4.69, 9.17) is 0 Å². The number of piperazine rings is 1. The van der Waals surface area contributed by atoms with Crippen LogP contribution in [0.25, 0.3) is 0 Å². The van der Waals surface area contributed by atoms with Crippen LogP contribution in [0.15, 0.2) is 0 Å². The lowest BCUT2D eigenvalue weighted by atomic mass is 9.88. The molecule has 0 saturated carbocycles. The largest absolute Gasteiger partial charge is 0.311 e. The van der Waals surface area contributed by atoms with E-state index in [1.807, 2.05) is 0 Å². The molecule has 0 spiro atoms. The molecule has 1 N–H and O–H groups in total. The van der Waals surface area contributed by atoms with E-state index in [0.717, 1.165) is 18.4 Å². The molecular formula is C15H32N2. The summed E-state index contributed by atoms with van der Waals surface area (Å²) in [5.41, 5.74) is 0.361. The zero-order chi connectivity index (χ0) is 13.1. The summed E-state index contributed by atoms with van der Waals surface area (Å²) in [5, 5.41) is 3.74. The van der Waals surface area contributed by atoms with Crippen LogP contribution in [0.1, 0.15) is 54.4 Å². The molecule has 2 unspecified atom stereocenters. The predicted octanol–water partition coefficient (Wildman–Crippen LogP) is 3.13. The Bertz CT molecular complexity index is 225. The summed E-state index contributed by atoms with van der Waals surface area (Å²) in [6.45, 7) is 17.7. The summed E-state index contributed by atoms with van der Waals surface area (Å²) in [6, 6.07) is 0.668. The van der Waals surface area contributed by atoms with Crippen LogP contribution in [-0.4, -0.2) is 36.1 Å². The van der Waals surface area contributed by atoms with Gasteiger partial charge in [-0.05, 0) is 38.1 Å². The first-order valence-corrected chi connectivity index (χ1v) is 7.37. The van der Waals surface area contributed by atoms with Gasteiger partial charge in [0.15, 0.2) is 0 Å². The lowest BCUT2D eigenvalue weighted by Crippen LogP contribution is -2.64. The molecule has 1 aliphatic heterocycles. The zero-order valence-electron chi connectivity index (χ0n) is 12.7. The van der Waals surface area contributed by atoms with Gasteiger partial charge in [0, 0.05) is 24.7 Å². The number of hydrogen-bond acceptors (Lipinski definition) is 2. The zero-order valence-corrected chi connectivity index (χ0v) is 12.7. The monoisotopic (exact) mass is 240 g/mol. The molecule has 17 heavy (non-hydrogen) atoms. The summed E-state index contributed by atoms with van der Waals surface area (Å²) in [5.74, 6) is 1.54. The van der Waals surface area contributed by atoms with Gasteiger partial charge in [-0.3, -0.25) is 4.90 Å². The number of nitrogens with zero attached hydrogens (tertiary/aromatic N) is 1. The first kappa shape index (κ1) is 15.0. The van der Waals surface area contributed by atoms with Crippen molar-refractivity contribution in [3.63, 3.8) is 0 Å². The molecule has 0 bridgehead atoms. The molecule has 0 aromatic heterocycles. The Morgan fingerprint density at radius 2 is 1.94 bits per heavy atom. The van der Waals surface area contributed by atoms with E-state index in [1.54, 1.807) is 0 Å². The summed E-state index contributed by atoms with van der Waals surface area (Å²) in [4.78, 5) is 2.73. The fourth-order valence-corrected chi connectivity index (χ4v) is 2.56. The van der Waals surface area contributed by atoms with E-state index >= 15 is 0 Å². The molecule has 2 nitrogen and oxygen atoms in total. The highest BCUT2D eigenvalue weighted by atomic mass is 15.3. The van der Waals surface area contributed by atoms with E-state index < -0.39 is 0 Å². The molecule has 2 heteroatoms. The van der Waals surface area contributed by atoms with Gasteiger partial charge in [-0.1, -0.05) is 34.6 Å². The summed E-state index contributed by atoms with van der Waals surface area (Å²) < 4.78 is 0. The van der Waals surface area contributed by atoms with Gasteiger partial charge in [0.05, 0.1) is 0 Å². The van der Waals surface area contributed by atoms with E-state index in [2.05, 4.69) is 51.8 Å². The molecule has 2 atom stereocenters. The Balaban J connectivity index is 2.63. The van der Waals surface area contributed by atoms with Crippen molar-refractivity contribution >= 4 is 0 Å². The van der Waals surface area contributed by atoms with Gasteiger partial charge in [0.25, 0.3) is 0 Å². The summed E-state index contributed by atoms with van der Waals surface area (Å²) in [7, 11) is 0. The summed E-state index contributed by atoms with van der Waals surface area (Å²) >= 11 is 0. The molecule has 1 heterocycles. The third kappa shape index (κ3) is 3.96. The van der Waals surface area contributed by atoms with Crippen molar-refractivity contribution in [2.24, 2.45) is 11.8 Å². The van der Waals surface area contributed by atoms with Crippen LogP contribution >= 0.6 is 0 Å². The third-order valence-corrected chi connectivity index (χ3v) is 4.47. The lowest BCUT2D eigenvalue weighted by Gasteiger charge is -2.49. The molecule has 1 rings (SSSR count). The van der Waals surface area contributed by atoms with Gasteiger partial charge < -0.3 is 5.32 Å². The molecule has 0 radical (unpaired) electrons. The van der Waals surface area contributed by atoms with Crippen LogP contribution in [0.4, 0.5) is 0 Å². The molecule has 0 amide bonds. The minimum Gasteiger partial charge on any atom is -0.311 e. The van der Waals surface area contributed by atoms with E-state index in [-0.39, 0.29) is 0 Å². The van der Waals surface area contributed by atoms with Crippen molar-refractivity contribution in [3.05, 3.63) is 0 Å². The van der Waals surface area contributed by atoms with Crippen molar-refractivity contribution in [1.82, 2.24) is 10.2 Å². The maximum absolute atomic E-state index is 3.74. The van der Waals surface area contributed by atoms with Gasteiger partial charge in [0.2, 0.25) is 0 Å². The second kappa shape index (κ2) is 6.19. The number of nitrogens with one attached hydrogen (secondary N) is 1. The van der Waals surface area contributed by atoms with E-state index in [9.17, 15) is 0 Å². The van der Waals surface area contributed by atoms with E-state index in [1.165, 1.54) is 25.9 Å². The molecular weight excluding hydrogens is 208 g/mol. The SMILES string of the molecule is CCC1(C)CNC(C(C)C)CN1CCC(C)C. The molecule has 0 aromatic carbocycles. The summed E-state index contributed by atoms with van der Waals surface area (Å²) in [6.07, 6.45) is 2.56. The Kier molecular flexibility index (Phi) is 5.46. The quantitative estimate of drug-likeness (QED) is 0.794. The molecule has 102 valence electrons. The van der Waals surface area contributed by atoms with Crippen molar-refractivity contribution in [3.8, 4) is 0 Å². The van der Waals surface area contributed by atoms with Gasteiger partial charge in [0.1, 0.15) is 0 Å². The molecule has 0 aliphatic carbocycles. The van der Waals surface area contributed by atoms with Crippen molar-refractivity contribution in [2.45, 2.75) is 66.0 Å². The van der Waals surface area contributed by atoms with Crippen molar-refractivity contribution < 1.29 is 0 Å². The van der Waals surface area contributed by atoms with Gasteiger partial charge >= 0.3 is 0 Å². The highest BCUT2D eigenvalue weighted by molar-refractivity contribution is 4.95. The predicted molar refractivity (Wildman–Crippen MR) is 76.4 cm³/mol. The van der Waals surface area contributed by atoms with Crippen LogP contribution in [0.5, 0.6) is 0 Å². The van der Waals surface area contributed by atoms with Crippen molar-refractivity contribution in [2.75, 3.05) is 19.6 Å². The number of rotatable bonds is 5. The van der Waals surface area contributed by atoms with Crippen LogP contribution in [0, 0.1) is 11.8 Å². The Labute approximate surface area is 108 Å². The first-order valence-electron chi connectivity index (χ1n) is 7.37. The maximum Gasteiger partial charge on any atom is 0.0303 e. The third-order valence-electron chi connectivity index (χ3n) is 4.47. The van der Waals surface area contributed by atoms with Crippen LogP contribution in [0.3, 0.4) is 0 Å². The smallest absolute Gasteiger partial charge is 0.0303 e. The first-order chi connectivity index (χ1) is 7.89. The van der Waals surface area contributed by atoms with Crippen LogP contribution in [-0.2, 0) is 0 Å². The molecule has 1 aliphatic rings. The Morgan fingerprint density at radius 1 is 1.29 bits per heavy atom. The maximum atomic E-state index is 3.74. The normalized spacial score (nSPS) is 31.4. The van der Waals surface area contributed by atoms with E-state index in [0.29, 0.717) is 11.6 Å². The minimum absolute atomic E-state index is 0.361. The average Bonchev–Trinajstić information content (AvgIpc) is 2.27. The van der Waals surface area contributed by atoms with Gasteiger partial charge in [-0.25, -0.2) is 0 Å². The molecule has 1 fully saturated rings. The highest BCUT2D eigenvalue weighted by Crippen LogP contribution is 2.25. The highest BCUT2D eigenvalue weighted by Gasteiger charge is 2.36.